The third-order valence-corrected chi connectivity index (χ3v) is 3.53. The van der Waals surface area contributed by atoms with Crippen LogP contribution in [0.2, 0.25) is 0 Å². The summed E-state index contributed by atoms with van der Waals surface area (Å²) in [5.74, 6) is 0.330. The molecule has 0 aromatic rings. The van der Waals surface area contributed by atoms with E-state index in [1.165, 1.54) is 0 Å². The predicted octanol–water partition coefficient (Wildman–Crippen LogP) is 0.946. The van der Waals surface area contributed by atoms with E-state index >= 15 is 0 Å². The van der Waals surface area contributed by atoms with Gasteiger partial charge >= 0.3 is 6.03 Å². The fourth-order valence-electron chi connectivity index (χ4n) is 2.40. The maximum atomic E-state index is 11.5. The summed E-state index contributed by atoms with van der Waals surface area (Å²) >= 11 is 0. The van der Waals surface area contributed by atoms with Crippen molar-refractivity contribution in [3.05, 3.63) is 0 Å². The zero-order valence-corrected chi connectivity index (χ0v) is 9.17. The van der Waals surface area contributed by atoms with Crippen molar-refractivity contribution in [2.75, 3.05) is 13.7 Å². The number of hydrogen-bond acceptors (Lipinski definition) is 3. The first kappa shape index (κ1) is 10.4. The highest BCUT2D eigenvalue weighted by atomic mass is 16.5. The van der Waals surface area contributed by atoms with Crippen molar-refractivity contribution in [2.24, 2.45) is 0 Å². The first-order valence-corrected chi connectivity index (χ1v) is 5.35. The topological polar surface area (TPSA) is 65.4 Å². The molecule has 84 valence electrons. The summed E-state index contributed by atoms with van der Waals surface area (Å²) in [6, 6.07) is -0.170. The summed E-state index contributed by atoms with van der Waals surface area (Å²) < 4.78 is 5.58. The minimum Gasteiger partial charge on any atom is -0.378 e. The lowest BCUT2D eigenvalue weighted by atomic mass is 9.84. The molecule has 2 rings (SSSR count). The van der Waals surface area contributed by atoms with Gasteiger partial charge in [0.15, 0.2) is 0 Å². The molecule has 2 amide bonds. The molecule has 2 atom stereocenters. The van der Waals surface area contributed by atoms with Gasteiger partial charge in [0.1, 0.15) is 11.4 Å². The van der Waals surface area contributed by atoms with E-state index in [9.17, 15) is 4.79 Å². The van der Waals surface area contributed by atoms with Crippen LogP contribution in [0.4, 0.5) is 4.79 Å². The fourth-order valence-corrected chi connectivity index (χ4v) is 2.40. The average molecular weight is 211 g/mol. The lowest BCUT2D eigenvalue weighted by Gasteiger charge is -2.40. The van der Waals surface area contributed by atoms with E-state index in [2.05, 4.69) is 12.2 Å². The zero-order valence-electron chi connectivity index (χ0n) is 9.17. The molecular formula is C10H17N3O2. The third-order valence-electron chi connectivity index (χ3n) is 3.53. The van der Waals surface area contributed by atoms with Crippen LogP contribution in [0.3, 0.4) is 0 Å². The summed E-state index contributed by atoms with van der Waals surface area (Å²) in [5, 5.41) is 10.5. The van der Waals surface area contributed by atoms with Crippen LogP contribution in [-0.2, 0) is 4.74 Å². The molecule has 2 aliphatic heterocycles. The van der Waals surface area contributed by atoms with Gasteiger partial charge in [-0.25, -0.2) is 4.79 Å². The Morgan fingerprint density at radius 3 is 3.00 bits per heavy atom. The van der Waals surface area contributed by atoms with Gasteiger partial charge in [-0.1, -0.05) is 6.92 Å². The Hall–Kier alpha value is -1.10. The van der Waals surface area contributed by atoms with Gasteiger partial charge in [-0.05, 0) is 6.42 Å². The number of amides is 2. The van der Waals surface area contributed by atoms with Crippen LogP contribution in [0.15, 0.2) is 0 Å². The number of likely N-dealkylation sites (N-methyl/N-ethyl adjacent to an activating group) is 1. The lowest BCUT2D eigenvalue weighted by molar-refractivity contribution is -0.0295. The molecule has 2 saturated heterocycles. The number of carbonyl (C=O) groups is 1. The van der Waals surface area contributed by atoms with Crippen molar-refractivity contribution in [3.8, 4) is 0 Å². The number of carbonyl (C=O) groups excluding carboxylic acids is 1. The maximum absolute atomic E-state index is 11.5. The summed E-state index contributed by atoms with van der Waals surface area (Å²) in [6.45, 7) is 2.69. The molecule has 2 N–H and O–H groups in total. The van der Waals surface area contributed by atoms with Crippen LogP contribution < -0.4 is 5.32 Å². The predicted molar refractivity (Wildman–Crippen MR) is 56.0 cm³/mol. The zero-order chi connectivity index (χ0) is 11.1. The molecule has 15 heavy (non-hydrogen) atoms. The second-order valence-electron chi connectivity index (χ2n) is 4.25. The molecule has 0 saturated carbocycles. The normalized spacial score (nSPS) is 36.1. The average Bonchev–Trinajstić information content (AvgIpc) is 2.44. The van der Waals surface area contributed by atoms with Crippen molar-refractivity contribution >= 4 is 11.9 Å². The minimum atomic E-state index is -0.435. The first-order valence-electron chi connectivity index (χ1n) is 5.35. The Morgan fingerprint density at radius 2 is 2.47 bits per heavy atom. The Kier molecular flexibility index (Phi) is 2.42. The van der Waals surface area contributed by atoms with E-state index < -0.39 is 5.54 Å². The highest BCUT2D eigenvalue weighted by Crippen LogP contribution is 2.34. The molecule has 2 heterocycles. The van der Waals surface area contributed by atoms with Crippen LogP contribution in [0.5, 0.6) is 0 Å². The molecule has 5 heteroatoms. The minimum absolute atomic E-state index is 0.161. The summed E-state index contributed by atoms with van der Waals surface area (Å²) in [7, 11) is 1.76. The number of nitrogens with zero attached hydrogens (tertiary/aromatic N) is 1. The molecule has 5 nitrogen and oxygen atoms in total. The van der Waals surface area contributed by atoms with Crippen LogP contribution in [0, 0.1) is 5.41 Å². The smallest absolute Gasteiger partial charge is 0.323 e. The molecule has 2 fully saturated rings. The second kappa shape index (κ2) is 3.48. The van der Waals surface area contributed by atoms with Crippen molar-refractivity contribution in [2.45, 2.75) is 37.8 Å². The molecular weight excluding hydrogens is 194 g/mol. The molecule has 0 aliphatic carbocycles. The molecule has 2 unspecified atom stereocenters. The van der Waals surface area contributed by atoms with E-state index in [0.717, 1.165) is 19.3 Å². The van der Waals surface area contributed by atoms with Gasteiger partial charge in [0, 0.05) is 26.5 Å². The van der Waals surface area contributed by atoms with Crippen LogP contribution in [0.25, 0.3) is 0 Å². The second-order valence-corrected chi connectivity index (χ2v) is 4.25. The number of urea groups is 1. The van der Waals surface area contributed by atoms with Gasteiger partial charge in [0.25, 0.3) is 0 Å². The van der Waals surface area contributed by atoms with Crippen molar-refractivity contribution < 1.29 is 9.53 Å². The highest BCUT2D eigenvalue weighted by Gasteiger charge is 2.50. The van der Waals surface area contributed by atoms with E-state index in [-0.39, 0.29) is 12.1 Å². The van der Waals surface area contributed by atoms with E-state index in [1.807, 2.05) is 0 Å². The number of hydrogen-bond donors (Lipinski definition) is 2. The standard InChI is InChI=1S/C10H17N3O2/c1-3-7-6-10(4-5-15-7)8(11)12-9(14)13(10)2/h7H,3-6H2,1-2H3,(H2,11,12,14). The lowest BCUT2D eigenvalue weighted by Crippen LogP contribution is -2.53. The largest absolute Gasteiger partial charge is 0.378 e. The Bertz CT molecular complexity index is 305. The molecule has 2 aliphatic rings. The molecule has 0 aromatic heterocycles. The van der Waals surface area contributed by atoms with Gasteiger partial charge in [-0.15, -0.1) is 0 Å². The van der Waals surface area contributed by atoms with Crippen molar-refractivity contribution in [3.63, 3.8) is 0 Å². The van der Waals surface area contributed by atoms with Gasteiger partial charge in [-0.2, -0.15) is 0 Å². The first-order chi connectivity index (χ1) is 7.10. The Balaban J connectivity index is 2.24. The van der Waals surface area contributed by atoms with Crippen molar-refractivity contribution in [1.29, 1.82) is 5.41 Å². The van der Waals surface area contributed by atoms with Gasteiger partial charge in [0.2, 0.25) is 0 Å². The van der Waals surface area contributed by atoms with Gasteiger partial charge in [0.05, 0.1) is 6.10 Å². The third kappa shape index (κ3) is 1.42. The quantitative estimate of drug-likeness (QED) is 0.678. The summed E-state index contributed by atoms with van der Waals surface area (Å²) in [4.78, 5) is 13.1. The Labute approximate surface area is 89.3 Å². The molecule has 1 spiro atoms. The number of nitrogens with one attached hydrogen (secondary N) is 2. The van der Waals surface area contributed by atoms with Crippen LogP contribution in [-0.4, -0.2) is 42.1 Å². The van der Waals surface area contributed by atoms with Crippen LogP contribution in [0.1, 0.15) is 26.2 Å². The fraction of sp³-hybridized carbons (Fsp3) is 0.800. The molecule has 0 aromatic carbocycles. The molecule has 0 bridgehead atoms. The van der Waals surface area contributed by atoms with E-state index in [4.69, 9.17) is 10.1 Å². The number of amidine groups is 1. The summed E-state index contributed by atoms with van der Waals surface area (Å²) in [6.07, 6.45) is 2.54. The monoisotopic (exact) mass is 211 g/mol. The highest BCUT2D eigenvalue weighted by molar-refractivity contribution is 6.08. The number of ether oxygens (including phenoxy) is 1. The van der Waals surface area contributed by atoms with Gasteiger partial charge < -0.3 is 9.64 Å². The van der Waals surface area contributed by atoms with Crippen LogP contribution >= 0.6 is 0 Å². The summed E-state index contributed by atoms with van der Waals surface area (Å²) in [5.41, 5.74) is -0.435. The SMILES string of the molecule is CCC1CC2(CCO1)C(=N)NC(=O)N2C. The maximum Gasteiger partial charge on any atom is 0.323 e. The van der Waals surface area contributed by atoms with E-state index in [0.29, 0.717) is 12.4 Å². The van der Waals surface area contributed by atoms with Crippen molar-refractivity contribution in [1.82, 2.24) is 10.2 Å². The van der Waals surface area contributed by atoms with E-state index in [1.54, 1.807) is 11.9 Å². The van der Waals surface area contributed by atoms with Gasteiger partial charge in [-0.3, -0.25) is 10.7 Å². The molecule has 0 radical (unpaired) electrons. The number of rotatable bonds is 1. The Morgan fingerprint density at radius 1 is 1.73 bits per heavy atom.